The zero-order chi connectivity index (χ0) is 33.3. The van der Waals surface area contributed by atoms with Crippen molar-refractivity contribution in [3.63, 3.8) is 0 Å². The molecule has 1 heterocycles. The number of thiazole rings is 1. The highest BCUT2D eigenvalue weighted by atomic mass is 32.1. The molecular weight excluding hydrogens is 611 g/mol. The molecule has 0 fully saturated rings. The van der Waals surface area contributed by atoms with Gasteiger partial charge in [0.2, 0.25) is 0 Å². The van der Waals surface area contributed by atoms with Crippen LogP contribution in [-0.2, 0) is 6.54 Å². The van der Waals surface area contributed by atoms with E-state index >= 15 is 0 Å². The molecule has 0 aliphatic rings. The zero-order valence-corrected chi connectivity index (χ0v) is 27.3. The van der Waals surface area contributed by atoms with E-state index in [0.29, 0.717) is 52.6 Å². The number of nitrogen functional groups attached to an aromatic ring is 1. The Balaban J connectivity index is 1.24. The molecule has 0 saturated carbocycles. The molecular formula is C37H37N5O4S. The molecule has 0 aliphatic carbocycles. The van der Waals surface area contributed by atoms with Crippen molar-refractivity contribution < 1.29 is 19.1 Å². The Morgan fingerprint density at radius 2 is 1.53 bits per heavy atom. The molecule has 0 radical (unpaired) electrons. The molecule has 1 aromatic heterocycles. The smallest absolute Gasteiger partial charge is 0.255 e. The molecule has 0 saturated heterocycles. The minimum atomic E-state index is -0.314. The topological polar surface area (TPSA) is 127 Å². The summed E-state index contributed by atoms with van der Waals surface area (Å²) in [5, 5.41) is 8.57. The molecule has 0 aliphatic heterocycles. The van der Waals surface area contributed by atoms with Crippen molar-refractivity contribution in [2.45, 2.75) is 26.5 Å². The van der Waals surface area contributed by atoms with Crippen LogP contribution < -0.4 is 21.1 Å². The molecule has 0 spiro atoms. The summed E-state index contributed by atoms with van der Waals surface area (Å²) < 4.78 is 6.50. The van der Waals surface area contributed by atoms with Gasteiger partial charge in [0.25, 0.3) is 11.8 Å². The second kappa shape index (κ2) is 15.3. The van der Waals surface area contributed by atoms with Crippen molar-refractivity contribution in [2.24, 2.45) is 5.92 Å². The van der Waals surface area contributed by atoms with E-state index in [-0.39, 0.29) is 23.8 Å². The van der Waals surface area contributed by atoms with Crippen molar-refractivity contribution in [3.05, 3.63) is 125 Å². The number of likely N-dealkylation sites (N-methyl/N-ethyl adjacent to an activating group) is 1. The first kappa shape index (κ1) is 33.1. The number of carbonyl (C=O) groups is 3. The van der Waals surface area contributed by atoms with Crippen molar-refractivity contribution in [1.29, 1.82) is 0 Å². The maximum absolute atomic E-state index is 13.2. The summed E-state index contributed by atoms with van der Waals surface area (Å²) in [4.78, 5) is 44.5. The van der Waals surface area contributed by atoms with Crippen LogP contribution in [0.1, 0.15) is 50.5 Å². The number of benzene rings is 4. The number of aldehydes is 1. The molecule has 47 heavy (non-hydrogen) atoms. The highest BCUT2D eigenvalue weighted by Crippen LogP contribution is 2.31. The fourth-order valence-corrected chi connectivity index (χ4v) is 5.63. The minimum Gasteiger partial charge on any atom is -0.486 e. The SMILES string of the molecule is CC(C)[C@@H](CN(C)Cc1ccc(C(=O)Nc2ccccc2N)cc1)Oc1c(C=O)cccc1NC(=O)c1ccc(-c2nccs2)cc1. The number of nitrogens with two attached hydrogens (primary N) is 1. The molecule has 4 N–H and O–H groups in total. The van der Waals surface area contributed by atoms with E-state index in [0.717, 1.165) is 22.4 Å². The third-order valence-electron chi connectivity index (χ3n) is 7.63. The lowest BCUT2D eigenvalue weighted by atomic mass is 10.1. The molecule has 5 rings (SSSR count). The van der Waals surface area contributed by atoms with Gasteiger partial charge < -0.3 is 21.1 Å². The lowest BCUT2D eigenvalue weighted by Gasteiger charge is -2.29. The third kappa shape index (κ3) is 8.49. The molecule has 1 atom stereocenters. The molecule has 240 valence electrons. The number of nitrogens with one attached hydrogen (secondary N) is 2. The number of aromatic nitrogens is 1. The Kier molecular flexibility index (Phi) is 10.8. The van der Waals surface area contributed by atoms with Gasteiger partial charge in [0.1, 0.15) is 11.1 Å². The maximum Gasteiger partial charge on any atom is 0.255 e. The fourth-order valence-electron chi connectivity index (χ4n) is 4.99. The van der Waals surface area contributed by atoms with Crippen LogP contribution >= 0.6 is 11.3 Å². The molecule has 4 aromatic carbocycles. The predicted octanol–water partition coefficient (Wildman–Crippen LogP) is 7.24. The average molecular weight is 648 g/mol. The summed E-state index contributed by atoms with van der Waals surface area (Å²) in [6, 6.07) is 26.9. The van der Waals surface area contributed by atoms with Gasteiger partial charge in [0, 0.05) is 41.4 Å². The van der Waals surface area contributed by atoms with Gasteiger partial charge in [0.05, 0.1) is 22.6 Å². The quantitative estimate of drug-likeness (QED) is 0.0908. The molecule has 0 unspecified atom stereocenters. The van der Waals surface area contributed by atoms with Crippen molar-refractivity contribution in [1.82, 2.24) is 9.88 Å². The summed E-state index contributed by atoms with van der Waals surface area (Å²) in [7, 11) is 1.99. The molecule has 5 aromatic rings. The first-order chi connectivity index (χ1) is 22.7. The number of carbonyl (C=O) groups excluding carboxylic acids is 3. The van der Waals surface area contributed by atoms with Gasteiger partial charge in [0.15, 0.2) is 12.0 Å². The predicted molar refractivity (Wildman–Crippen MR) is 188 cm³/mol. The van der Waals surface area contributed by atoms with Gasteiger partial charge in [-0.1, -0.05) is 56.3 Å². The van der Waals surface area contributed by atoms with Crippen LogP contribution in [0, 0.1) is 5.92 Å². The number of nitrogens with zero attached hydrogens (tertiary/aromatic N) is 2. The van der Waals surface area contributed by atoms with Crippen molar-refractivity contribution in [3.8, 4) is 16.3 Å². The van der Waals surface area contributed by atoms with Gasteiger partial charge in [-0.3, -0.25) is 19.3 Å². The van der Waals surface area contributed by atoms with E-state index in [1.165, 1.54) is 11.3 Å². The second-order valence-electron chi connectivity index (χ2n) is 11.5. The summed E-state index contributed by atoms with van der Waals surface area (Å²) in [5.41, 5.74) is 10.8. The van der Waals surface area contributed by atoms with Gasteiger partial charge in [-0.25, -0.2) is 4.98 Å². The van der Waals surface area contributed by atoms with Crippen molar-refractivity contribution >= 4 is 46.5 Å². The summed E-state index contributed by atoms with van der Waals surface area (Å²) in [6.45, 7) is 5.26. The van der Waals surface area contributed by atoms with E-state index in [1.54, 1.807) is 60.8 Å². The van der Waals surface area contributed by atoms with Gasteiger partial charge in [-0.2, -0.15) is 0 Å². The monoisotopic (exact) mass is 647 g/mol. The number of rotatable bonds is 13. The first-order valence-electron chi connectivity index (χ1n) is 15.2. The number of amides is 2. The highest BCUT2D eigenvalue weighted by molar-refractivity contribution is 7.13. The van der Waals surface area contributed by atoms with E-state index in [1.807, 2.05) is 48.8 Å². The summed E-state index contributed by atoms with van der Waals surface area (Å²) in [5.74, 6) is -0.126. The number of ether oxygens (including phenoxy) is 1. The van der Waals surface area contributed by atoms with Crippen LogP contribution in [-0.4, -0.2) is 47.7 Å². The second-order valence-corrected chi connectivity index (χ2v) is 12.4. The summed E-state index contributed by atoms with van der Waals surface area (Å²) in [6.07, 6.45) is 2.18. The molecule has 2 amide bonds. The first-order valence-corrected chi connectivity index (χ1v) is 16.1. The normalized spacial score (nSPS) is 11.7. The lowest BCUT2D eigenvalue weighted by Crippen LogP contribution is -2.37. The van der Waals surface area contributed by atoms with Crippen molar-refractivity contribution in [2.75, 3.05) is 30.0 Å². The van der Waals surface area contributed by atoms with Crippen LogP contribution in [0.25, 0.3) is 10.6 Å². The van der Waals surface area contributed by atoms with E-state index in [4.69, 9.17) is 10.5 Å². The van der Waals surface area contributed by atoms with Gasteiger partial charge >= 0.3 is 0 Å². The Labute approximate surface area is 278 Å². The lowest BCUT2D eigenvalue weighted by molar-refractivity contribution is 0.0990. The largest absolute Gasteiger partial charge is 0.486 e. The number of anilines is 3. The molecule has 10 heteroatoms. The average Bonchev–Trinajstić information content (AvgIpc) is 3.62. The van der Waals surface area contributed by atoms with E-state index < -0.39 is 0 Å². The molecule has 0 bridgehead atoms. The number of hydrogen-bond acceptors (Lipinski definition) is 8. The van der Waals surface area contributed by atoms with Gasteiger partial charge in [-0.15, -0.1) is 11.3 Å². The Morgan fingerprint density at radius 3 is 2.15 bits per heavy atom. The third-order valence-corrected chi connectivity index (χ3v) is 8.45. The summed E-state index contributed by atoms with van der Waals surface area (Å²) >= 11 is 1.53. The fraction of sp³-hybridized carbons (Fsp3) is 0.189. The Bertz CT molecular complexity index is 1820. The van der Waals surface area contributed by atoms with Gasteiger partial charge in [-0.05, 0) is 67.1 Å². The number of para-hydroxylation sites is 3. The van der Waals surface area contributed by atoms with Crippen LogP contribution in [0.4, 0.5) is 17.1 Å². The maximum atomic E-state index is 13.2. The van der Waals surface area contributed by atoms with E-state index in [9.17, 15) is 14.4 Å². The van der Waals surface area contributed by atoms with E-state index in [2.05, 4.69) is 34.4 Å². The Morgan fingerprint density at radius 1 is 0.894 bits per heavy atom. The number of hydrogen-bond donors (Lipinski definition) is 3. The van der Waals surface area contributed by atoms with Crippen LogP contribution in [0.3, 0.4) is 0 Å². The Hall–Kier alpha value is -5.32. The molecule has 9 nitrogen and oxygen atoms in total. The zero-order valence-electron chi connectivity index (χ0n) is 26.5. The standard InChI is InChI=1S/C37H37N5O4S/c1-24(2)33(22-42(3)21-25-11-13-26(14-12-25)35(44)40-31-9-5-4-8-30(31)38)46-34-29(23-43)7-6-10-32(34)41-36(45)27-15-17-28(18-16-27)37-39-19-20-47-37/h4-20,23-24,33H,21-22,38H2,1-3H3,(H,40,44)(H,41,45)/t33-/m1/s1. The minimum absolute atomic E-state index is 0.0932. The van der Waals surface area contributed by atoms with Crippen LogP contribution in [0.5, 0.6) is 5.75 Å². The van der Waals surface area contributed by atoms with Crippen LogP contribution in [0.15, 0.2) is 103 Å². The van der Waals surface area contributed by atoms with Crippen LogP contribution in [0.2, 0.25) is 0 Å². The highest BCUT2D eigenvalue weighted by Gasteiger charge is 2.22.